The van der Waals surface area contributed by atoms with Crippen molar-refractivity contribution in [3.05, 3.63) is 66.6 Å². The molecule has 0 atom stereocenters. The fourth-order valence-electron chi connectivity index (χ4n) is 2.34. The summed E-state index contributed by atoms with van der Waals surface area (Å²) in [5, 5.41) is 9.31. The molecule has 4 nitrogen and oxygen atoms in total. The molecule has 0 aliphatic carbocycles. The normalized spacial score (nSPS) is 10.6. The summed E-state index contributed by atoms with van der Waals surface area (Å²) < 4.78 is 2.04. The van der Waals surface area contributed by atoms with Crippen molar-refractivity contribution in [2.24, 2.45) is 0 Å². The molecular formula is C18H19N3O. The Kier molecular flexibility index (Phi) is 3.83. The number of nitrogens with zero attached hydrogens (tertiary/aromatic N) is 3. The van der Waals surface area contributed by atoms with E-state index < -0.39 is 0 Å². The van der Waals surface area contributed by atoms with E-state index in [2.05, 4.69) is 34.1 Å². The van der Waals surface area contributed by atoms with Crippen molar-refractivity contribution in [3.8, 4) is 17.0 Å². The van der Waals surface area contributed by atoms with Crippen LogP contribution in [0, 0.1) is 0 Å². The fraction of sp³-hybridized carbons (Fsp3) is 0.167. The Morgan fingerprint density at radius 2 is 1.68 bits per heavy atom. The number of imidazole rings is 1. The van der Waals surface area contributed by atoms with Gasteiger partial charge in [0.25, 0.3) is 0 Å². The van der Waals surface area contributed by atoms with Gasteiger partial charge in [0.15, 0.2) is 0 Å². The molecule has 0 unspecified atom stereocenters. The minimum absolute atomic E-state index is 0.288. The molecule has 0 spiro atoms. The summed E-state index contributed by atoms with van der Waals surface area (Å²) >= 11 is 0. The van der Waals surface area contributed by atoms with Crippen molar-refractivity contribution < 1.29 is 5.11 Å². The van der Waals surface area contributed by atoms with Crippen LogP contribution in [0.25, 0.3) is 11.3 Å². The Bertz CT molecular complexity index is 743. The van der Waals surface area contributed by atoms with Crippen LogP contribution in [0.5, 0.6) is 5.75 Å². The number of hydrogen-bond acceptors (Lipinski definition) is 3. The molecule has 1 N–H and O–H groups in total. The zero-order valence-corrected chi connectivity index (χ0v) is 12.8. The van der Waals surface area contributed by atoms with Gasteiger partial charge in [-0.2, -0.15) is 0 Å². The van der Waals surface area contributed by atoms with Crippen molar-refractivity contribution in [2.75, 3.05) is 19.0 Å². The first-order chi connectivity index (χ1) is 10.6. The highest BCUT2D eigenvalue weighted by Gasteiger charge is 2.04. The Balaban J connectivity index is 1.77. The maximum atomic E-state index is 9.31. The molecule has 3 aromatic rings. The third-order valence-corrected chi connectivity index (χ3v) is 3.61. The van der Waals surface area contributed by atoms with E-state index in [1.165, 1.54) is 5.69 Å². The minimum Gasteiger partial charge on any atom is -0.508 e. The second-order valence-electron chi connectivity index (χ2n) is 5.54. The number of aromatic nitrogens is 2. The van der Waals surface area contributed by atoms with Gasteiger partial charge in [-0.1, -0.05) is 24.3 Å². The van der Waals surface area contributed by atoms with Crippen LogP contribution in [-0.2, 0) is 6.54 Å². The molecule has 0 aliphatic heterocycles. The third kappa shape index (κ3) is 3.11. The molecule has 0 saturated carbocycles. The number of anilines is 1. The van der Waals surface area contributed by atoms with Gasteiger partial charge in [-0.05, 0) is 29.8 Å². The van der Waals surface area contributed by atoms with Crippen LogP contribution in [0.1, 0.15) is 5.56 Å². The number of phenols is 1. The lowest BCUT2D eigenvalue weighted by molar-refractivity contribution is 0.475. The maximum absolute atomic E-state index is 9.31. The van der Waals surface area contributed by atoms with E-state index in [0.717, 1.165) is 23.4 Å². The van der Waals surface area contributed by atoms with Gasteiger partial charge in [-0.25, -0.2) is 4.98 Å². The molecule has 0 bridgehead atoms. The summed E-state index contributed by atoms with van der Waals surface area (Å²) in [5.41, 5.74) is 4.37. The lowest BCUT2D eigenvalue weighted by atomic mass is 10.1. The van der Waals surface area contributed by atoms with E-state index in [1.807, 2.05) is 43.3 Å². The molecule has 112 valence electrons. The van der Waals surface area contributed by atoms with Crippen LogP contribution >= 0.6 is 0 Å². The van der Waals surface area contributed by atoms with Crippen molar-refractivity contribution in [1.82, 2.24) is 9.55 Å². The average Bonchev–Trinajstić information content (AvgIpc) is 2.98. The van der Waals surface area contributed by atoms with Crippen molar-refractivity contribution in [3.63, 3.8) is 0 Å². The average molecular weight is 293 g/mol. The summed E-state index contributed by atoms with van der Waals surface area (Å²) in [4.78, 5) is 6.55. The Morgan fingerprint density at radius 1 is 1.00 bits per heavy atom. The Morgan fingerprint density at radius 3 is 2.32 bits per heavy atom. The van der Waals surface area contributed by atoms with Gasteiger partial charge in [0, 0.05) is 38.1 Å². The smallest absolute Gasteiger partial charge is 0.115 e. The Labute approximate surface area is 130 Å². The first-order valence-corrected chi connectivity index (χ1v) is 7.19. The highest BCUT2D eigenvalue weighted by molar-refractivity contribution is 5.62. The van der Waals surface area contributed by atoms with E-state index >= 15 is 0 Å². The molecule has 3 rings (SSSR count). The van der Waals surface area contributed by atoms with Gasteiger partial charge < -0.3 is 14.6 Å². The second kappa shape index (κ2) is 5.93. The largest absolute Gasteiger partial charge is 0.508 e. The molecule has 22 heavy (non-hydrogen) atoms. The SMILES string of the molecule is CN(C)c1ccc(-c2cn(Cc3ccc(O)cc3)cn2)cc1. The van der Waals surface area contributed by atoms with Crippen LogP contribution in [0.3, 0.4) is 0 Å². The molecule has 0 radical (unpaired) electrons. The highest BCUT2D eigenvalue weighted by Crippen LogP contribution is 2.21. The van der Waals surface area contributed by atoms with Gasteiger partial charge in [-0.3, -0.25) is 0 Å². The van der Waals surface area contributed by atoms with Gasteiger partial charge in [0.1, 0.15) is 5.75 Å². The molecule has 0 fully saturated rings. The molecule has 4 heteroatoms. The van der Waals surface area contributed by atoms with Crippen LogP contribution in [-0.4, -0.2) is 28.8 Å². The van der Waals surface area contributed by atoms with Crippen LogP contribution in [0.15, 0.2) is 61.1 Å². The van der Waals surface area contributed by atoms with Gasteiger partial charge in [0.2, 0.25) is 0 Å². The van der Waals surface area contributed by atoms with Crippen LogP contribution in [0.2, 0.25) is 0 Å². The van der Waals surface area contributed by atoms with Crippen molar-refractivity contribution in [1.29, 1.82) is 0 Å². The topological polar surface area (TPSA) is 41.3 Å². The molecule has 2 aromatic carbocycles. The van der Waals surface area contributed by atoms with E-state index in [0.29, 0.717) is 0 Å². The van der Waals surface area contributed by atoms with Crippen molar-refractivity contribution in [2.45, 2.75) is 6.54 Å². The summed E-state index contributed by atoms with van der Waals surface area (Å²) in [6.45, 7) is 0.739. The zero-order chi connectivity index (χ0) is 15.5. The number of aromatic hydroxyl groups is 1. The predicted octanol–water partition coefficient (Wildman–Crippen LogP) is 3.37. The van der Waals surface area contributed by atoms with Crippen LogP contribution in [0.4, 0.5) is 5.69 Å². The molecular weight excluding hydrogens is 274 g/mol. The van der Waals surface area contributed by atoms with Gasteiger partial charge in [-0.15, -0.1) is 0 Å². The molecule has 0 saturated heterocycles. The maximum Gasteiger partial charge on any atom is 0.115 e. The van der Waals surface area contributed by atoms with Gasteiger partial charge >= 0.3 is 0 Å². The van der Waals surface area contributed by atoms with E-state index in [1.54, 1.807) is 12.1 Å². The molecule has 0 aliphatic rings. The second-order valence-corrected chi connectivity index (χ2v) is 5.54. The molecule has 1 heterocycles. The number of benzene rings is 2. The summed E-state index contributed by atoms with van der Waals surface area (Å²) in [5.74, 6) is 0.288. The lowest BCUT2D eigenvalue weighted by Gasteiger charge is -2.12. The molecule has 1 aromatic heterocycles. The first kappa shape index (κ1) is 14.2. The minimum atomic E-state index is 0.288. The number of phenolic OH excluding ortho intramolecular Hbond substituents is 1. The lowest BCUT2D eigenvalue weighted by Crippen LogP contribution is -2.07. The van der Waals surface area contributed by atoms with E-state index in [-0.39, 0.29) is 5.75 Å². The quantitative estimate of drug-likeness (QED) is 0.802. The summed E-state index contributed by atoms with van der Waals surface area (Å²) in [6, 6.07) is 15.6. The molecule has 0 amide bonds. The van der Waals surface area contributed by atoms with E-state index in [9.17, 15) is 5.11 Å². The van der Waals surface area contributed by atoms with Gasteiger partial charge in [0.05, 0.1) is 12.0 Å². The standard InChI is InChI=1S/C18H19N3O/c1-20(2)16-7-5-15(6-8-16)18-12-21(13-19-18)11-14-3-9-17(22)10-4-14/h3-10,12-13,22H,11H2,1-2H3. The van der Waals surface area contributed by atoms with E-state index in [4.69, 9.17) is 0 Å². The van der Waals surface area contributed by atoms with Crippen molar-refractivity contribution >= 4 is 5.69 Å². The summed E-state index contributed by atoms with van der Waals surface area (Å²) in [7, 11) is 4.06. The monoisotopic (exact) mass is 293 g/mol. The predicted molar refractivity (Wildman–Crippen MR) is 89.2 cm³/mol. The third-order valence-electron chi connectivity index (χ3n) is 3.61. The zero-order valence-electron chi connectivity index (χ0n) is 12.8. The van der Waals surface area contributed by atoms with Crippen LogP contribution < -0.4 is 4.90 Å². The Hall–Kier alpha value is -2.75. The first-order valence-electron chi connectivity index (χ1n) is 7.19. The fourth-order valence-corrected chi connectivity index (χ4v) is 2.34. The number of hydrogen-bond donors (Lipinski definition) is 1. The summed E-state index contributed by atoms with van der Waals surface area (Å²) in [6.07, 6.45) is 3.87. The number of rotatable bonds is 4. The highest BCUT2D eigenvalue weighted by atomic mass is 16.3.